The predicted molar refractivity (Wildman–Crippen MR) is 68.7 cm³/mol. The lowest BCUT2D eigenvalue weighted by Gasteiger charge is -2.14. The van der Waals surface area contributed by atoms with Gasteiger partial charge in [0.05, 0.1) is 6.04 Å². The number of urea groups is 1. The Morgan fingerprint density at radius 2 is 2.35 bits per heavy atom. The van der Waals surface area contributed by atoms with Gasteiger partial charge in [0, 0.05) is 12.2 Å². The first-order valence-corrected chi connectivity index (χ1v) is 6.13. The van der Waals surface area contributed by atoms with E-state index in [1.165, 1.54) is 11.1 Å². The minimum Gasteiger partial charge on any atom is -0.399 e. The summed E-state index contributed by atoms with van der Waals surface area (Å²) in [5.74, 6) is 0. The number of hydrogen-bond acceptors (Lipinski definition) is 2. The number of benzene rings is 1. The SMILES string of the molecule is CCCNC(=O)NC1CCc2cc(N)ccc21. The van der Waals surface area contributed by atoms with Gasteiger partial charge in [-0.2, -0.15) is 0 Å². The maximum atomic E-state index is 11.6. The fourth-order valence-corrected chi connectivity index (χ4v) is 2.24. The molecule has 1 aliphatic rings. The number of aryl methyl sites for hydroxylation is 1. The van der Waals surface area contributed by atoms with Crippen LogP contribution in [0.25, 0.3) is 0 Å². The van der Waals surface area contributed by atoms with Crippen LogP contribution >= 0.6 is 0 Å². The maximum absolute atomic E-state index is 11.6. The summed E-state index contributed by atoms with van der Waals surface area (Å²) >= 11 is 0. The number of nitrogens with two attached hydrogens (primary N) is 1. The molecule has 4 N–H and O–H groups in total. The average Bonchev–Trinajstić information content (AvgIpc) is 2.69. The Kier molecular flexibility index (Phi) is 3.52. The number of nitrogen functional groups attached to an aromatic ring is 1. The number of hydrogen-bond donors (Lipinski definition) is 3. The van der Waals surface area contributed by atoms with Crippen LogP contribution in [-0.2, 0) is 6.42 Å². The summed E-state index contributed by atoms with van der Waals surface area (Å²) in [5.41, 5.74) is 8.99. The highest BCUT2D eigenvalue weighted by Gasteiger charge is 2.23. The van der Waals surface area contributed by atoms with Crippen LogP contribution in [0.2, 0.25) is 0 Å². The largest absolute Gasteiger partial charge is 0.399 e. The Morgan fingerprint density at radius 1 is 1.53 bits per heavy atom. The summed E-state index contributed by atoms with van der Waals surface area (Å²) in [6, 6.07) is 5.95. The molecule has 0 heterocycles. The zero-order valence-corrected chi connectivity index (χ0v) is 10.1. The summed E-state index contributed by atoms with van der Waals surface area (Å²) in [6.07, 6.45) is 2.89. The summed E-state index contributed by atoms with van der Waals surface area (Å²) in [7, 11) is 0. The molecule has 0 aliphatic heterocycles. The van der Waals surface area contributed by atoms with E-state index in [-0.39, 0.29) is 12.1 Å². The van der Waals surface area contributed by atoms with Crippen LogP contribution in [0.1, 0.15) is 36.9 Å². The minimum absolute atomic E-state index is 0.0819. The van der Waals surface area contributed by atoms with Crippen LogP contribution in [0, 0.1) is 0 Å². The molecule has 0 bridgehead atoms. The van der Waals surface area contributed by atoms with Crippen LogP contribution in [0.15, 0.2) is 18.2 Å². The quantitative estimate of drug-likeness (QED) is 0.699. The van der Waals surface area contributed by atoms with Crippen molar-refractivity contribution in [3.8, 4) is 0 Å². The molecule has 1 aromatic rings. The summed E-state index contributed by atoms with van der Waals surface area (Å²) in [5, 5.41) is 5.83. The molecule has 1 unspecified atom stereocenters. The monoisotopic (exact) mass is 233 g/mol. The summed E-state index contributed by atoms with van der Waals surface area (Å²) in [4.78, 5) is 11.6. The number of carbonyl (C=O) groups is 1. The smallest absolute Gasteiger partial charge is 0.315 e. The van der Waals surface area contributed by atoms with E-state index < -0.39 is 0 Å². The normalized spacial score (nSPS) is 17.6. The van der Waals surface area contributed by atoms with Gasteiger partial charge in [-0.15, -0.1) is 0 Å². The lowest BCUT2D eigenvalue weighted by molar-refractivity contribution is 0.237. The number of fused-ring (bicyclic) bond motifs is 1. The fraction of sp³-hybridized carbons (Fsp3) is 0.462. The Bertz CT molecular complexity index is 417. The van der Waals surface area contributed by atoms with E-state index in [0.29, 0.717) is 6.54 Å². The van der Waals surface area contributed by atoms with Gasteiger partial charge >= 0.3 is 6.03 Å². The average molecular weight is 233 g/mol. The third kappa shape index (κ3) is 2.70. The van der Waals surface area contributed by atoms with E-state index in [0.717, 1.165) is 24.9 Å². The predicted octanol–water partition coefficient (Wildman–Crippen LogP) is 1.97. The summed E-state index contributed by atoms with van der Waals surface area (Å²) in [6.45, 7) is 2.75. The van der Waals surface area contributed by atoms with E-state index >= 15 is 0 Å². The summed E-state index contributed by atoms with van der Waals surface area (Å²) < 4.78 is 0. The highest BCUT2D eigenvalue weighted by Crippen LogP contribution is 2.32. The molecule has 1 aromatic carbocycles. The molecule has 1 atom stereocenters. The Morgan fingerprint density at radius 3 is 3.12 bits per heavy atom. The van der Waals surface area contributed by atoms with Crippen LogP contribution in [0.5, 0.6) is 0 Å². The molecule has 0 fully saturated rings. The first-order chi connectivity index (χ1) is 8.20. The molecular formula is C13H19N3O. The van der Waals surface area contributed by atoms with Crippen molar-refractivity contribution in [1.82, 2.24) is 10.6 Å². The first kappa shape index (κ1) is 11.8. The van der Waals surface area contributed by atoms with Crippen molar-refractivity contribution < 1.29 is 4.79 Å². The molecule has 1 aliphatic carbocycles. The number of amides is 2. The fourth-order valence-electron chi connectivity index (χ4n) is 2.24. The lowest BCUT2D eigenvalue weighted by atomic mass is 10.1. The van der Waals surface area contributed by atoms with Gasteiger partial charge in [0.2, 0.25) is 0 Å². The number of carbonyl (C=O) groups excluding carboxylic acids is 1. The Labute approximate surface area is 102 Å². The molecule has 0 spiro atoms. The van der Waals surface area contributed by atoms with E-state index in [1.54, 1.807) is 0 Å². The van der Waals surface area contributed by atoms with Gasteiger partial charge in [0.25, 0.3) is 0 Å². The van der Waals surface area contributed by atoms with Gasteiger partial charge in [0.15, 0.2) is 0 Å². The second-order valence-corrected chi connectivity index (χ2v) is 4.45. The third-order valence-corrected chi connectivity index (χ3v) is 3.09. The Balaban J connectivity index is 2.00. The van der Waals surface area contributed by atoms with Gasteiger partial charge < -0.3 is 16.4 Å². The van der Waals surface area contributed by atoms with Gasteiger partial charge in [-0.3, -0.25) is 0 Å². The van der Waals surface area contributed by atoms with Gasteiger partial charge in [-0.25, -0.2) is 4.79 Å². The third-order valence-electron chi connectivity index (χ3n) is 3.09. The van der Waals surface area contributed by atoms with Crippen molar-refractivity contribution >= 4 is 11.7 Å². The number of anilines is 1. The highest BCUT2D eigenvalue weighted by atomic mass is 16.2. The molecule has 0 saturated carbocycles. The molecule has 2 rings (SSSR count). The van der Waals surface area contributed by atoms with Crippen molar-refractivity contribution in [2.24, 2.45) is 0 Å². The van der Waals surface area contributed by atoms with Crippen molar-refractivity contribution in [2.75, 3.05) is 12.3 Å². The zero-order valence-electron chi connectivity index (χ0n) is 10.1. The van der Waals surface area contributed by atoms with Gasteiger partial charge in [-0.05, 0) is 42.5 Å². The van der Waals surface area contributed by atoms with Crippen molar-refractivity contribution in [3.63, 3.8) is 0 Å². The molecular weight excluding hydrogens is 214 g/mol. The maximum Gasteiger partial charge on any atom is 0.315 e. The second kappa shape index (κ2) is 5.08. The van der Waals surface area contributed by atoms with Crippen LogP contribution in [0.4, 0.5) is 10.5 Å². The number of nitrogens with one attached hydrogen (secondary N) is 2. The molecule has 0 aromatic heterocycles. The topological polar surface area (TPSA) is 67.2 Å². The first-order valence-electron chi connectivity index (χ1n) is 6.13. The Hall–Kier alpha value is -1.71. The van der Waals surface area contributed by atoms with Crippen LogP contribution < -0.4 is 16.4 Å². The molecule has 2 amide bonds. The van der Waals surface area contributed by atoms with Gasteiger partial charge in [-0.1, -0.05) is 13.0 Å². The van der Waals surface area contributed by atoms with E-state index in [4.69, 9.17) is 5.73 Å². The van der Waals surface area contributed by atoms with E-state index in [1.807, 2.05) is 25.1 Å². The standard InChI is InChI=1S/C13H19N3O/c1-2-7-15-13(17)16-12-6-3-9-8-10(14)4-5-11(9)12/h4-5,8,12H,2-3,6-7,14H2,1H3,(H2,15,16,17). The molecule has 17 heavy (non-hydrogen) atoms. The molecule has 92 valence electrons. The minimum atomic E-state index is -0.0819. The van der Waals surface area contributed by atoms with Crippen LogP contribution in [0.3, 0.4) is 0 Å². The van der Waals surface area contributed by atoms with Crippen LogP contribution in [-0.4, -0.2) is 12.6 Å². The zero-order chi connectivity index (χ0) is 12.3. The molecule has 0 saturated heterocycles. The van der Waals surface area contributed by atoms with E-state index in [9.17, 15) is 4.79 Å². The molecule has 0 radical (unpaired) electrons. The molecule has 4 nitrogen and oxygen atoms in total. The van der Waals surface area contributed by atoms with Crippen molar-refractivity contribution in [3.05, 3.63) is 29.3 Å². The number of rotatable bonds is 3. The lowest BCUT2D eigenvalue weighted by Crippen LogP contribution is -2.37. The van der Waals surface area contributed by atoms with Crippen molar-refractivity contribution in [1.29, 1.82) is 0 Å². The van der Waals surface area contributed by atoms with Crippen molar-refractivity contribution in [2.45, 2.75) is 32.2 Å². The molecule has 4 heteroatoms. The van der Waals surface area contributed by atoms with Gasteiger partial charge in [0.1, 0.15) is 0 Å². The second-order valence-electron chi connectivity index (χ2n) is 4.45. The van der Waals surface area contributed by atoms with E-state index in [2.05, 4.69) is 10.6 Å². The highest BCUT2D eigenvalue weighted by molar-refractivity contribution is 5.74.